The van der Waals surface area contributed by atoms with E-state index in [0.717, 1.165) is 25.2 Å². The van der Waals surface area contributed by atoms with Crippen LogP contribution in [0.2, 0.25) is 0 Å². The van der Waals surface area contributed by atoms with Gasteiger partial charge >= 0.3 is 0 Å². The van der Waals surface area contributed by atoms with Gasteiger partial charge < -0.3 is 10.1 Å². The minimum absolute atomic E-state index is 0.0327. The van der Waals surface area contributed by atoms with Crippen LogP contribution in [0.5, 0.6) is 5.75 Å². The molecule has 0 saturated heterocycles. The summed E-state index contributed by atoms with van der Waals surface area (Å²) in [4.78, 5) is 26.5. The maximum atomic E-state index is 12.5. The number of Topliss-reactive ketones (excluding diaryl/α,β-unsaturated/α-hetero) is 1. The Bertz CT molecular complexity index is 813. The summed E-state index contributed by atoms with van der Waals surface area (Å²) in [6.45, 7) is 9.14. The van der Waals surface area contributed by atoms with Gasteiger partial charge in [-0.15, -0.1) is 0 Å². The zero-order chi connectivity index (χ0) is 20.5. The molecule has 5 heteroatoms. The minimum atomic E-state index is -0.100. The van der Waals surface area contributed by atoms with Crippen molar-refractivity contribution >= 4 is 11.7 Å². The third-order valence-electron chi connectivity index (χ3n) is 4.92. The third-order valence-corrected chi connectivity index (χ3v) is 4.92. The van der Waals surface area contributed by atoms with Crippen LogP contribution < -0.4 is 10.1 Å². The second-order valence-electron chi connectivity index (χ2n) is 6.77. The Hall–Kier alpha value is -2.66. The van der Waals surface area contributed by atoms with Crippen LogP contribution in [0.25, 0.3) is 0 Å². The van der Waals surface area contributed by atoms with E-state index in [-0.39, 0.29) is 18.1 Å². The standard InChI is InChI=1S/C23H30N2O3/c1-5-25(6-2)16-20-10-8-7-9-19(20)15-24-23(27)14-21-13-18(17(3)26)11-12-22(21)28-4/h7-13H,5-6,14-16H2,1-4H3,(H,24,27). The molecule has 2 rings (SSSR count). The summed E-state index contributed by atoms with van der Waals surface area (Å²) >= 11 is 0. The summed E-state index contributed by atoms with van der Waals surface area (Å²) < 4.78 is 5.33. The summed E-state index contributed by atoms with van der Waals surface area (Å²) in [5, 5.41) is 3.00. The molecular weight excluding hydrogens is 352 g/mol. The molecule has 2 aromatic carbocycles. The molecule has 5 nitrogen and oxygen atoms in total. The Balaban J connectivity index is 2.05. The predicted molar refractivity (Wildman–Crippen MR) is 112 cm³/mol. The first-order chi connectivity index (χ1) is 13.5. The molecular formula is C23H30N2O3. The van der Waals surface area contributed by atoms with Crippen molar-refractivity contribution in [1.82, 2.24) is 10.2 Å². The molecule has 2 aromatic rings. The van der Waals surface area contributed by atoms with Gasteiger partial charge in [0.1, 0.15) is 5.75 Å². The summed E-state index contributed by atoms with van der Waals surface area (Å²) in [6.07, 6.45) is 0.169. The van der Waals surface area contributed by atoms with Crippen LogP contribution in [0.1, 0.15) is 47.8 Å². The topological polar surface area (TPSA) is 58.6 Å². The van der Waals surface area contributed by atoms with Crippen molar-refractivity contribution in [2.45, 2.75) is 40.3 Å². The Kier molecular flexibility index (Phi) is 8.20. The average Bonchev–Trinajstić information content (AvgIpc) is 2.71. The predicted octanol–water partition coefficient (Wildman–Crippen LogP) is 3.60. The number of amides is 1. The van der Waals surface area contributed by atoms with Gasteiger partial charge in [-0.1, -0.05) is 38.1 Å². The lowest BCUT2D eigenvalue weighted by atomic mass is 10.0. The molecule has 0 spiro atoms. The van der Waals surface area contributed by atoms with Gasteiger partial charge in [-0.05, 0) is 49.3 Å². The lowest BCUT2D eigenvalue weighted by Gasteiger charge is -2.20. The van der Waals surface area contributed by atoms with E-state index in [1.807, 2.05) is 12.1 Å². The second kappa shape index (κ2) is 10.6. The maximum Gasteiger partial charge on any atom is 0.224 e. The van der Waals surface area contributed by atoms with Gasteiger partial charge in [0.2, 0.25) is 5.91 Å². The monoisotopic (exact) mass is 382 g/mol. The molecule has 0 aliphatic heterocycles. The molecule has 0 saturated carbocycles. The normalized spacial score (nSPS) is 10.8. The highest BCUT2D eigenvalue weighted by atomic mass is 16.5. The fourth-order valence-corrected chi connectivity index (χ4v) is 3.14. The molecule has 28 heavy (non-hydrogen) atoms. The van der Waals surface area contributed by atoms with Crippen LogP contribution in [0.4, 0.5) is 0 Å². The summed E-state index contributed by atoms with van der Waals surface area (Å²) in [7, 11) is 1.56. The van der Waals surface area contributed by atoms with Crippen molar-refractivity contribution in [3.05, 3.63) is 64.7 Å². The van der Waals surface area contributed by atoms with E-state index in [2.05, 4.69) is 36.2 Å². The molecule has 0 heterocycles. The van der Waals surface area contributed by atoms with Gasteiger partial charge in [0.25, 0.3) is 0 Å². The van der Waals surface area contributed by atoms with E-state index in [0.29, 0.717) is 23.4 Å². The maximum absolute atomic E-state index is 12.5. The summed E-state index contributed by atoms with van der Waals surface area (Å²) in [5.74, 6) is 0.480. The average molecular weight is 383 g/mol. The van der Waals surface area contributed by atoms with Gasteiger partial charge in [0.15, 0.2) is 5.78 Å². The Morgan fingerprint density at radius 3 is 2.29 bits per heavy atom. The van der Waals surface area contributed by atoms with Crippen LogP contribution in [0.15, 0.2) is 42.5 Å². The fourth-order valence-electron chi connectivity index (χ4n) is 3.14. The third kappa shape index (κ3) is 5.92. The Morgan fingerprint density at radius 2 is 1.68 bits per heavy atom. The van der Waals surface area contributed by atoms with Gasteiger partial charge in [0, 0.05) is 24.2 Å². The summed E-state index contributed by atoms with van der Waals surface area (Å²) in [5.41, 5.74) is 3.63. The van der Waals surface area contributed by atoms with Crippen molar-refractivity contribution in [2.24, 2.45) is 0 Å². The number of nitrogens with zero attached hydrogens (tertiary/aromatic N) is 1. The summed E-state index contributed by atoms with van der Waals surface area (Å²) in [6, 6.07) is 13.4. The van der Waals surface area contributed by atoms with E-state index < -0.39 is 0 Å². The van der Waals surface area contributed by atoms with Crippen LogP contribution in [-0.2, 0) is 24.3 Å². The molecule has 0 unspecified atom stereocenters. The molecule has 0 radical (unpaired) electrons. The number of ketones is 1. The molecule has 1 N–H and O–H groups in total. The number of hydrogen-bond donors (Lipinski definition) is 1. The Morgan fingerprint density at radius 1 is 1.00 bits per heavy atom. The number of hydrogen-bond acceptors (Lipinski definition) is 4. The SMILES string of the molecule is CCN(CC)Cc1ccccc1CNC(=O)Cc1cc(C(C)=O)ccc1OC. The van der Waals surface area contributed by atoms with Gasteiger partial charge in [-0.25, -0.2) is 0 Å². The van der Waals surface area contributed by atoms with E-state index >= 15 is 0 Å². The molecule has 0 aromatic heterocycles. The Labute approximate surface area is 167 Å². The second-order valence-corrected chi connectivity index (χ2v) is 6.77. The van der Waals surface area contributed by atoms with Crippen LogP contribution in [0, 0.1) is 0 Å². The molecule has 1 amide bonds. The highest BCUT2D eigenvalue weighted by Crippen LogP contribution is 2.21. The fraction of sp³-hybridized carbons (Fsp3) is 0.391. The highest BCUT2D eigenvalue weighted by Gasteiger charge is 2.12. The number of nitrogens with one attached hydrogen (secondary N) is 1. The van der Waals surface area contributed by atoms with Crippen molar-refractivity contribution in [1.29, 1.82) is 0 Å². The molecule has 0 fully saturated rings. The lowest BCUT2D eigenvalue weighted by Crippen LogP contribution is -2.27. The largest absolute Gasteiger partial charge is 0.496 e. The minimum Gasteiger partial charge on any atom is -0.496 e. The van der Waals surface area contributed by atoms with Crippen molar-refractivity contribution < 1.29 is 14.3 Å². The van der Waals surface area contributed by atoms with Crippen molar-refractivity contribution in [3.8, 4) is 5.75 Å². The molecule has 150 valence electrons. The number of ether oxygens (including phenoxy) is 1. The number of benzene rings is 2. The van der Waals surface area contributed by atoms with E-state index in [1.54, 1.807) is 25.3 Å². The van der Waals surface area contributed by atoms with E-state index in [4.69, 9.17) is 4.74 Å². The molecule has 0 bridgehead atoms. The lowest BCUT2D eigenvalue weighted by molar-refractivity contribution is -0.120. The van der Waals surface area contributed by atoms with Crippen molar-refractivity contribution in [3.63, 3.8) is 0 Å². The van der Waals surface area contributed by atoms with Gasteiger partial charge in [0.05, 0.1) is 13.5 Å². The zero-order valence-electron chi connectivity index (χ0n) is 17.2. The molecule has 0 aliphatic carbocycles. The molecule has 0 atom stereocenters. The van der Waals surface area contributed by atoms with Gasteiger partial charge in [-0.3, -0.25) is 14.5 Å². The zero-order valence-corrected chi connectivity index (χ0v) is 17.2. The quantitative estimate of drug-likeness (QED) is 0.638. The number of carbonyl (C=O) groups excluding carboxylic acids is 2. The van der Waals surface area contributed by atoms with E-state index in [9.17, 15) is 9.59 Å². The smallest absolute Gasteiger partial charge is 0.224 e. The number of rotatable bonds is 10. The number of methoxy groups -OCH3 is 1. The van der Waals surface area contributed by atoms with Crippen molar-refractivity contribution in [2.75, 3.05) is 20.2 Å². The first-order valence-corrected chi connectivity index (χ1v) is 9.72. The number of carbonyl (C=O) groups is 2. The van der Waals surface area contributed by atoms with Crippen LogP contribution >= 0.6 is 0 Å². The van der Waals surface area contributed by atoms with E-state index in [1.165, 1.54) is 12.5 Å². The molecule has 0 aliphatic rings. The van der Waals surface area contributed by atoms with Gasteiger partial charge in [-0.2, -0.15) is 0 Å². The highest BCUT2D eigenvalue weighted by molar-refractivity contribution is 5.94. The first kappa shape index (κ1) is 21.6. The first-order valence-electron chi connectivity index (χ1n) is 9.72. The van der Waals surface area contributed by atoms with Crippen LogP contribution in [0.3, 0.4) is 0 Å². The van der Waals surface area contributed by atoms with Crippen LogP contribution in [-0.4, -0.2) is 36.8 Å².